The molecule has 2 rings (SSSR count). The fourth-order valence-corrected chi connectivity index (χ4v) is 2.46. The molecule has 0 radical (unpaired) electrons. The molecule has 0 aliphatic carbocycles. The maximum absolute atomic E-state index is 5.39. The predicted molar refractivity (Wildman–Crippen MR) is 86.6 cm³/mol. The van der Waals surface area contributed by atoms with Crippen LogP contribution in [0, 0.1) is 0 Å². The molecule has 0 spiro atoms. The Hall–Kier alpha value is -2.20. The van der Waals surface area contributed by atoms with Crippen LogP contribution in [-0.2, 0) is 6.54 Å². The highest BCUT2D eigenvalue weighted by Gasteiger charge is 2.15. The van der Waals surface area contributed by atoms with Crippen LogP contribution in [0.15, 0.2) is 42.5 Å². The van der Waals surface area contributed by atoms with Crippen LogP contribution in [0.25, 0.3) is 0 Å². The zero-order chi connectivity index (χ0) is 15.9. The Kier molecular flexibility index (Phi) is 5.67. The van der Waals surface area contributed by atoms with Crippen LogP contribution in [0.2, 0.25) is 0 Å². The first kappa shape index (κ1) is 16.2. The van der Waals surface area contributed by atoms with Gasteiger partial charge in [-0.25, -0.2) is 0 Å². The quantitative estimate of drug-likeness (QED) is 0.855. The summed E-state index contributed by atoms with van der Waals surface area (Å²) in [6.45, 7) is 3.04. The van der Waals surface area contributed by atoms with Crippen molar-refractivity contribution in [2.45, 2.75) is 19.5 Å². The smallest absolute Gasteiger partial charge is 0.203 e. The van der Waals surface area contributed by atoms with Crippen molar-refractivity contribution in [1.82, 2.24) is 0 Å². The average Bonchev–Trinajstić information content (AvgIpc) is 2.59. The van der Waals surface area contributed by atoms with Gasteiger partial charge < -0.3 is 19.5 Å². The summed E-state index contributed by atoms with van der Waals surface area (Å²) in [6.07, 6.45) is 0. The van der Waals surface area contributed by atoms with E-state index in [9.17, 15) is 0 Å². The number of ether oxygens (including phenoxy) is 3. The summed E-state index contributed by atoms with van der Waals surface area (Å²) in [4.78, 5) is 0. The van der Waals surface area contributed by atoms with Crippen LogP contribution in [0.5, 0.6) is 17.2 Å². The first-order valence-corrected chi connectivity index (χ1v) is 7.36. The summed E-state index contributed by atoms with van der Waals surface area (Å²) in [5, 5.41) is 2.29. The molecule has 0 aliphatic rings. The third-order valence-corrected chi connectivity index (χ3v) is 3.76. The molecule has 0 aromatic heterocycles. The Morgan fingerprint density at radius 1 is 0.909 bits per heavy atom. The van der Waals surface area contributed by atoms with Crippen molar-refractivity contribution in [1.29, 1.82) is 0 Å². The summed E-state index contributed by atoms with van der Waals surface area (Å²) in [6, 6.07) is 14.9. The molecular formula is C18H24NO3+. The molecule has 0 amide bonds. The van der Waals surface area contributed by atoms with Gasteiger partial charge in [0.25, 0.3) is 0 Å². The molecule has 1 atom stereocenters. The van der Waals surface area contributed by atoms with Crippen LogP contribution >= 0.6 is 0 Å². The zero-order valence-electron chi connectivity index (χ0n) is 13.6. The molecule has 118 valence electrons. The van der Waals surface area contributed by atoms with E-state index in [0.29, 0.717) is 23.3 Å². The van der Waals surface area contributed by atoms with Crippen molar-refractivity contribution >= 4 is 0 Å². The maximum atomic E-state index is 5.39. The van der Waals surface area contributed by atoms with Gasteiger partial charge in [-0.3, -0.25) is 0 Å². The fraction of sp³-hybridized carbons (Fsp3) is 0.333. The summed E-state index contributed by atoms with van der Waals surface area (Å²) >= 11 is 0. The van der Waals surface area contributed by atoms with Gasteiger partial charge in [-0.2, -0.15) is 0 Å². The predicted octanol–water partition coefficient (Wildman–Crippen LogP) is 2.54. The first-order chi connectivity index (χ1) is 10.7. The van der Waals surface area contributed by atoms with Crippen LogP contribution in [-0.4, -0.2) is 21.3 Å². The van der Waals surface area contributed by atoms with E-state index in [0.717, 1.165) is 12.1 Å². The second-order valence-corrected chi connectivity index (χ2v) is 5.17. The highest BCUT2D eigenvalue weighted by atomic mass is 16.5. The number of methoxy groups -OCH3 is 3. The Balaban J connectivity index is 2.13. The van der Waals surface area contributed by atoms with E-state index in [4.69, 9.17) is 14.2 Å². The van der Waals surface area contributed by atoms with Gasteiger partial charge in [0.05, 0.1) is 21.3 Å². The maximum Gasteiger partial charge on any atom is 0.203 e. The molecule has 2 aromatic carbocycles. The SMILES string of the molecule is COc1cc(C[NH2+][C@H](C)c2ccccc2)cc(OC)c1OC. The third kappa shape index (κ3) is 3.71. The van der Waals surface area contributed by atoms with Crippen molar-refractivity contribution in [3.8, 4) is 17.2 Å². The van der Waals surface area contributed by atoms with Crippen molar-refractivity contribution < 1.29 is 19.5 Å². The minimum Gasteiger partial charge on any atom is -0.493 e. The first-order valence-electron chi connectivity index (χ1n) is 7.36. The van der Waals surface area contributed by atoms with Gasteiger partial charge in [-0.15, -0.1) is 0 Å². The van der Waals surface area contributed by atoms with Gasteiger partial charge in [0.15, 0.2) is 11.5 Å². The highest BCUT2D eigenvalue weighted by molar-refractivity contribution is 5.53. The molecule has 0 saturated heterocycles. The topological polar surface area (TPSA) is 44.3 Å². The molecule has 0 aliphatic heterocycles. The average molecular weight is 302 g/mol. The summed E-state index contributed by atoms with van der Waals surface area (Å²) in [5.74, 6) is 2.01. The summed E-state index contributed by atoms with van der Waals surface area (Å²) in [7, 11) is 4.89. The van der Waals surface area contributed by atoms with Crippen LogP contribution < -0.4 is 19.5 Å². The number of benzene rings is 2. The highest BCUT2D eigenvalue weighted by Crippen LogP contribution is 2.37. The van der Waals surface area contributed by atoms with Gasteiger partial charge in [0, 0.05) is 11.1 Å². The third-order valence-electron chi connectivity index (χ3n) is 3.76. The van der Waals surface area contributed by atoms with Crippen molar-refractivity contribution in [3.05, 3.63) is 53.6 Å². The number of hydrogen-bond donors (Lipinski definition) is 1. The van der Waals surface area contributed by atoms with E-state index in [2.05, 4.69) is 36.5 Å². The molecule has 0 bridgehead atoms. The molecule has 2 aromatic rings. The summed E-state index contributed by atoms with van der Waals surface area (Å²) < 4.78 is 16.1. The lowest BCUT2D eigenvalue weighted by molar-refractivity contribution is -0.707. The van der Waals surface area contributed by atoms with Crippen molar-refractivity contribution in [3.63, 3.8) is 0 Å². The van der Waals surface area contributed by atoms with Crippen LogP contribution in [0.1, 0.15) is 24.1 Å². The molecule has 2 N–H and O–H groups in total. The van der Waals surface area contributed by atoms with Crippen molar-refractivity contribution in [2.75, 3.05) is 21.3 Å². The number of quaternary nitrogens is 1. The number of nitrogens with two attached hydrogens (primary N) is 1. The standard InChI is InChI=1S/C18H23NO3/c1-13(15-8-6-5-7-9-15)19-12-14-10-16(20-2)18(22-4)17(11-14)21-3/h5-11,13,19H,12H2,1-4H3/p+1/t13-/m1/s1. The Bertz CT molecular complexity index is 574. The molecule has 4 heteroatoms. The lowest BCUT2D eigenvalue weighted by Gasteiger charge is -2.15. The van der Waals surface area contributed by atoms with Gasteiger partial charge in [-0.05, 0) is 19.1 Å². The molecule has 0 unspecified atom stereocenters. The molecular weight excluding hydrogens is 278 g/mol. The lowest BCUT2D eigenvalue weighted by atomic mass is 10.1. The van der Waals surface area contributed by atoms with Gasteiger partial charge >= 0.3 is 0 Å². The van der Waals surface area contributed by atoms with E-state index in [1.54, 1.807) is 21.3 Å². The van der Waals surface area contributed by atoms with E-state index in [1.807, 2.05) is 18.2 Å². The second kappa shape index (κ2) is 7.71. The van der Waals surface area contributed by atoms with E-state index >= 15 is 0 Å². The normalized spacial score (nSPS) is 11.8. The van der Waals surface area contributed by atoms with Crippen molar-refractivity contribution in [2.24, 2.45) is 0 Å². The second-order valence-electron chi connectivity index (χ2n) is 5.17. The Morgan fingerprint density at radius 3 is 2.00 bits per heavy atom. The Labute approximate surface area is 132 Å². The Morgan fingerprint density at radius 2 is 1.50 bits per heavy atom. The molecule has 0 fully saturated rings. The van der Waals surface area contributed by atoms with Gasteiger partial charge in [-0.1, -0.05) is 30.3 Å². The summed E-state index contributed by atoms with van der Waals surface area (Å²) in [5.41, 5.74) is 2.45. The zero-order valence-corrected chi connectivity index (χ0v) is 13.6. The van der Waals surface area contributed by atoms with Crippen LogP contribution in [0.4, 0.5) is 0 Å². The fourth-order valence-electron chi connectivity index (χ4n) is 2.46. The van der Waals surface area contributed by atoms with E-state index < -0.39 is 0 Å². The molecule has 0 heterocycles. The largest absolute Gasteiger partial charge is 0.493 e. The van der Waals surface area contributed by atoms with E-state index in [-0.39, 0.29) is 0 Å². The molecule has 22 heavy (non-hydrogen) atoms. The number of hydrogen-bond acceptors (Lipinski definition) is 3. The van der Waals surface area contributed by atoms with Gasteiger partial charge in [0.1, 0.15) is 12.6 Å². The molecule has 0 saturated carbocycles. The molecule has 4 nitrogen and oxygen atoms in total. The minimum atomic E-state index is 0.389. The monoisotopic (exact) mass is 302 g/mol. The van der Waals surface area contributed by atoms with Gasteiger partial charge in [0.2, 0.25) is 5.75 Å². The number of rotatable bonds is 7. The lowest BCUT2D eigenvalue weighted by Crippen LogP contribution is -2.83. The van der Waals surface area contributed by atoms with Crippen LogP contribution in [0.3, 0.4) is 0 Å². The minimum absolute atomic E-state index is 0.389. The van der Waals surface area contributed by atoms with E-state index in [1.165, 1.54) is 5.56 Å².